The average Bonchev–Trinajstić information content (AvgIpc) is 2.78. The van der Waals surface area contributed by atoms with Crippen LogP contribution in [-0.4, -0.2) is 53.5 Å². The standard InChI is InChI=1S/C25H32O7/c1-25(2,3)24(28)31-16-19-20(26)21(29-14-17-10-6-4-7-11-17)22(23(27)32-19)30-15-18-12-8-5-9-13-18/h4-13,19-23,26-27H,14-16H2,1-3H3/t19-,20-,21+,22-,23+/m1/s1. The first-order valence-corrected chi connectivity index (χ1v) is 10.8. The molecule has 32 heavy (non-hydrogen) atoms. The molecule has 0 bridgehead atoms. The summed E-state index contributed by atoms with van der Waals surface area (Å²) in [5.41, 5.74) is 1.14. The molecule has 7 nitrogen and oxygen atoms in total. The minimum Gasteiger partial charge on any atom is -0.462 e. The van der Waals surface area contributed by atoms with Crippen LogP contribution in [0.15, 0.2) is 60.7 Å². The van der Waals surface area contributed by atoms with Crippen LogP contribution in [0.5, 0.6) is 0 Å². The van der Waals surface area contributed by atoms with Gasteiger partial charge in [0.1, 0.15) is 31.0 Å². The van der Waals surface area contributed by atoms with Gasteiger partial charge in [-0.15, -0.1) is 0 Å². The first kappa shape index (κ1) is 24.4. The predicted octanol–water partition coefficient (Wildman–Crippen LogP) is 2.82. The summed E-state index contributed by atoms with van der Waals surface area (Å²) < 4.78 is 22.8. The van der Waals surface area contributed by atoms with Gasteiger partial charge in [0.25, 0.3) is 0 Å². The van der Waals surface area contributed by atoms with Gasteiger partial charge in [-0.3, -0.25) is 4.79 Å². The van der Waals surface area contributed by atoms with Gasteiger partial charge in [0.15, 0.2) is 6.29 Å². The Balaban J connectivity index is 1.70. The van der Waals surface area contributed by atoms with Crippen LogP contribution in [0.4, 0.5) is 0 Å². The molecular formula is C25H32O7. The van der Waals surface area contributed by atoms with E-state index < -0.39 is 42.1 Å². The lowest BCUT2D eigenvalue weighted by Crippen LogP contribution is -2.60. The SMILES string of the molecule is CC(C)(C)C(=O)OC[C@H]1O[C@H](O)[C@H](OCc2ccccc2)[C@@H](OCc2ccccc2)[C@@H]1O. The molecule has 7 heteroatoms. The molecule has 5 atom stereocenters. The summed E-state index contributed by atoms with van der Waals surface area (Å²) >= 11 is 0. The maximum Gasteiger partial charge on any atom is 0.311 e. The number of aliphatic hydroxyl groups excluding tert-OH is 2. The summed E-state index contributed by atoms with van der Waals surface area (Å²) in [4.78, 5) is 12.1. The van der Waals surface area contributed by atoms with Crippen molar-refractivity contribution in [2.24, 2.45) is 5.41 Å². The molecule has 1 fully saturated rings. The summed E-state index contributed by atoms with van der Waals surface area (Å²) in [6, 6.07) is 19.0. The van der Waals surface area contributed by atoms with Crippen LogP contribution in [0.1, 0.15) is 31.9 Å². The molecule has 2 aromatic rings. The Labute approximate surface area is 188 Å². The van der Waals surface area contributed by atoms with Crippen LogP contribution in [-0.2, 0) is 37.0 Å². The van der Waals surface area contributed by atoms with E-state index in [2.05, 4.69) is 0 Å². The van der Waals surface area contributed by atoms with Crippen molar-refractivity contribution in [3.63, 3.8) is 0 Å². The lowest BCUT2D eigenvalue weighted by molar-refractivity contribution is -0.308. The van der Waals surface area contributed by atoms with Crippen LogP contribution in [0.25, 0.3) is 0 Å². The minimum absolute atomic E-state index is 0.203. The molecule has 0 amide bonds. The first-order chi connectivity index (χ1) is 15.3. The lowest BCUT2D eigenvalue weighted by Gasteiger charge is -2.42. The summed E-state index contributed by atoms with van der Waals surface area (Å²) in [7, 11) is 0. The number of esters is 1. The molecule has 1 heterocycles. The molecule has 0 spiro atoms. The quantitative estimate of drug-likeness (QED) is 0.605. The monoisotopic (exact) mass is 444 g/mol. The molecule has 0 unspecified atom stereocenters. The summed E-state index contributed by atoms with van der Waals surface area (Å²) in [5, 5.41) is 21.6. The van der Waals surface area contributed by atoms with Crippen molar-refractivity contribution in [2.75, 3.05) is 6.61 Å². The van der Waals surface area contributed by atoms with E-state index >= 15 is 0 Å². The molecule has 0 saturated carbocycles. The Morgan fingerprint density at radius 3 is 1.88 bits per heavy atom. The number of hydrogen-bond acceptors (Lipinski definition) is 7. The number of hydrogen-bond donors (Lipinski definition) is 2. The zero-order valence-electron chi connectivity index (χ0n) is 18.7. The Morgan fingerprint density at radius 2 is 1.38 bits per heavy atom. The topological polar surface area (TPSA) is 94.5 Å². The lowest BCUT2D eigenvalue weighted by atomic mass is 9.96. The van der Waals surface area contributed by atoms with Gasteiger partial charge in [0, 0.05) is 0 Å². The van der Waals surface area contributed by atoms with Gasteiger partial charge < -0.3 is 29.2 Å². The van der Waals surface area contributed by atoms with Crippen LogP contribution >= 0.6 is 0 Å². The van der Waals surface area contributed by atoms with E-state index in [-0.39, 0.29) is 19.8 Å². The van der Waals surface area contributed by atoms with Gasteiger partial charge >= 0.3 is 5.97 Å². The summed E-state index contributed by atoms with van der Waals surface area (Å²) in [6.45, 7) is 5.44. The highest BCUT2D eigenvalue weighted by Gasteiger charge is 2.47. The highest BCUT2D eigenvalue weighted by Crippen LogP contribution is 2.27. The smallest absolute Gasteiger partial charge is 0.311 e. The molecule has 2 aromatic carbocycles. The van der Waals surface area contributed by atoms with E-state index in [0.29, 0.717) is 0 Å². The fourth-order valence-corrected chi connectivity index (χ4v) is 3.32. The summed E-state index contributed by atoms with van der Waals surface area (Å²) in [5.74, 6) is -0.424. The third kappa shape index (κ3) is 6.60. The van der Waals surface area contributed by atoms with Crippen molar-refractivity contribution in [2.45, 2.75) is 64.7 Å². The molecule has 3 rings (SSSR count). The van der Waals surface area contributed by atoms with Gasteiger partial charge in [0.05, 0.1) is 18.6 Å². The highest BCUT2D eigenvalue weighted by molar-refractivity contribution is 5.75. The molecule has 0 aromatic heterocycles. The Hall–Kier alpha value is -2.29. The highest BCUT2D eigenvalue weighted by atomic mass is 16.7. The van der Waals surface area contributed by atoms with E-state index in [1.54, 1.807) is 20.8 Å². The van der Waals surface area contributed by atoms with Gasteiger partial charge in [-0.25, -0.2) is 0 Å². The molecule has 1 aliphatic heterocycles. The molecule has 0 radical (unpaired) electrons. The molecular weight excluding hydrogens is 412 g/mol. The van der Waals surface area contributed by atoms with Crippen molar-refractivity contribution >= 4 is 5.97 Å². The molecule has 0 aliphatic carbocycles. The van der Waals surface area contributed by atoms with Crippen LogP contribution < -0.4 is 0 Å². The van der Waals surface area contributed by atoms with Crippen LogP contribution in [0.3, 0.4) is 0 Å². The number of aliphatic hydroxyl groups is 2. The largest absolute Gasteiger partial charge is 0.462 e. The average molecular weight is 445 g/mol. The Kier molecular flexibility index (Phi) is 8.39. The predicted molar refractivity (Wildman–Crippen MR) is 117 cm³/mol. The van der Waals surface area contributed by atoms with Crippen molar-refractivity contribution in [1.82, 2.24) is 0 Å². The van der Waals surface area contributed by atoms with Crippen molar-refractivity contribution in [1.29, 1.82) is 0 Å². The zero-order valence-corrected chi connectivity index (χ0v) is 18.7. The van der Waals surface area contributed by atoms with Gasteiger partial charge in [-0.2, -0.15) is 0 Å². The second-order valence-corrected chi connectivity index (χ2v) is 8.93. The fourth-order valence-electron chi connectivity index (χ4n) is 3.32. The number of carbonyl (C=O) groups excluding carboxylic acids is 1. The Morgan fingerprint density at radius 1 is 0.875 bits per heavy atom. The molecule has 1 saturated heterocycles. The van der Waals surface area contributed by atoms with Crippen molar-refractivity contribution < 1.29 is 34.0 Å². The maximum atomic E-state index is 12.1. The van der Waals surface area contributed by atoms with Gasteiger partial charge in [-0.1, -0.05) is 60.7 Å². The van der Waals surface area contributed by atoms with E-state index in [9.17, 15) is 15.0 Å². The number of carbonyl (C=O) groups is 1. The fraction of sp³-hybridized carbons (Fsp3) is 0.480. The molecule has 174 valence electrons. The normalized spacial score (nSPS) is 26.0. The second-order valence-electron chi connectivity index (χ2n) is 8.93. The Bertz CT molecular complexity index is 834. The van der Waals surface area contributed by atoms with E-state index in [0.717, 1.165) is 11.1 Å². The van der Waals surface area contributed by atoms with Crippen molar-refractivity contribution in [3.8, 4) is 0 Å². The second kappa shape index (κ2) is 11.0. The number of rotatable bonds is 8. The third-order valence-electron chi connectivity index (χ3n) is 5.20. The summed E-state index contributed by atoms with van der Waals surface area (Å²) in [6.07, 6.45) is -5.30. The van der Waals surface area contributed by atoms with E-state index in [1.807, 2.05) is 60.7 Å². The third-order valence-corrected chi connectivity index (χ3v) is 5.20. The van der Waals surface area contributed by atoms with Gasteiger partial charge in [-0.05, 0) is 31.9 Å². The zero-order chi connectivity index (χ0) is 23.1. The van der Waals surface area contributed by atoms with Crippen molar-refractivity contribution in [3.05, 3.63) is 71.8 Å². The van der Waals surface area contributed by atoms with E-state index in [4.69, 9.17) is 18.9 Å². The first-order valence-electron chi connectivity index (χ1n) is 10.8. The van der Waals surface area contributed by atoms with Crippen LogP contribution in [0.2, 0.25) is 0 Å². The minimum atomic E-state index is -1.36. The molecule has 2 N–H and O–H groups in total. The van der Waals surface area contributed by atoms with E-state index in [1.165, 1.54) is 0 Å². The van der Waals surface area contributed by atoms with Crippen LogP contribution in [0, 0.1) is 5.41 Å². The molecule has 1 aliphatic rings. The number of ether oxygens (including phenoxy) is 4. The van der Waals surface area contributed by atoms with Gasteiger partial charge in [0.2, 0.25) is 0 Å². The maximum absolute atomic E-state index is 12.1. The number of benzene rings is 2.